The average Bonchev–Trinajstić information content (AvgIpc) is 3.37. The monoisotopic (exact) mass is 518 g/mol. The highest BCUT2D eigenvalue weighted by atomic mass is 32.1. The van der Waals surface area contributed by atoms with Gasteiger partial charge in [0, 0.05) is 35.0 Å². The molecule has 3 heterocycles. The second kappa shape index (κ2) is 10.3. The van der Waals surface area contributed by atoms with Gasteiger partial charge in [-0.15, -0.1) is 11.3 Å². The molecule has 2 amide bonds. The van der Waals surface area contributed by atoms with Crippen LogP contribution < -0.4 is 15.5 Å². The molecular weight excluding hydrogens is 484 g/mol. The Morgan fingerprint density at radius 1 is 1.19 bits per heavy atom. The van der Waals surface area contributed by atoms with E-state index in [4.69, 9.17) is 9.72 Å². The van der Waals surface area contributed by atoms with E-state index in [-0.39, 0.29) is 23.3 Å². The molecule has 2 N–H and O–H groups in total. The number of ether oxygens (including phenoxy) is 1. The zero-order valence-electron chi connectivity index (χ0n) is 21.8. The number of nitrogens with zero attached hydrogens (tertiary/aromatic N) is 2. The summed E-state index contributed by atoms with van der Waals surface area (Å²) in [6.45, 7) is 6.56. The third kappa shape index (κ3) is 5.00. The molecule has 2 unspecified atom stereocenters. The van der Waals surface area contributed by atoms with Gasteiger partial charge in [-0.05, 0) is 62.8 Å². The molecule has 3 aromatic rings. The number of anilines is 2. The second-order valence-electron chi connectivity index (χ2n) is 10.2. The van der Waals surface area contributed by atoms with Crippen molar-refractivity contribution in [2.24, 2.45) is 0 Å². The number of thiophene rings is 1. The highest BCUT2D eigenvalue weighted by molar-refractivity contribution is 7.10. The van der Waals surface area contributed by atoms with E-state index in [1.54, 1.807) is 23.5 Å². The number of carbonyl (C=O) groups excluding carboxylic acids is 2. The van der Waals surface area contributed by atoms with Gasteiger partial charge in [0.05, 0.1) is 17.5 Å². The maximum absolute atomic E-state index is 13.6. The van der Waals surface area contributed by atoms with Gasteiger partial charge >= 0.3 is 0 Å². The molecule has 2 aliphatic rings. The smallest absolute Gasteiger partial charge is 0.255 e. The first-order chi connectivity index (χ1) is 17.8. The van der Waals surface area contributed by atoms with Crippen molar-refractivity contribution < 1.29 is 14.3 Å². The predicted octanol–water partition coefficient (Wildman–Crippen LogP) is 5.09. The largest absolute Gasteiger partial charge is 0.368 e. The van der Waals surface area contributed by atoms with E-state index in [9.17, 15) is 9.59 Å². The summed E-state index contributed by atoms with van der Waals surface area (Å²) in [5.74, 6) is 0.462. The van der Waals surface area contributed by atoms with Crippen LogP contribution >= 0.6 is 11.3 Å². The Kier molecular flexibility index (Phi) is 7.05. The fraction of sp³-hybridized carbons (Fsp3) is 0.414. The number of amides is 2. The van der Waals surface area contributed by atoms with Gasteiger partial charge in [-0.3, -0.25) is 9.59 Å². The van der Waals surface area contributed by atoms with Crippen LogP contribution in [0.5, 0.6) is 0 Å². The maximum atomic E-state index is 13.6. The third-order valence-corrected chi connectivity index (χ3v) is 8.38. The molecule has 2 atom stereocenters. The van der Waals surface area contributed by atoms with Crippen LogP contribution in [0.4, 0.5) is 11.5 Å². The highest BCUT2D eigenvalue weighted by Gasteiger charge is 2.48. The first-order valence-electron chi connectivity index (χ1n) is 12.9. The summed E-state index contributed by atoms with van der Waals surface area (Å²) in [5.41, 5.74) is 2.88. The Morgan fingerprint density at radius 3 is 2.57 bits per heavy atom. The first kappa shape index (κ1) is 25.4. The standard InChI is InChI=1S/C29H34N4O3S/c1-5-21-22(32-27(34)19-10-7-6-8-11-19)16-20-25(36-18(2)3)24(33(4)26(20)31-21)28(35)30-17-29(13-14-29)23-12-9-15-37-23/h6-12,15-16,18,24-25H,5,13-14,17H2,1-4H3,(H,30,35)(H,32,34). The number of rotatable bonds is 9. The molecule has 1 fully saturated rings. The Bertz CT molecular complexity index is 1270. The summed E-state index contributed by atoms with van der Waals surface area (Å²) in [5, 5.41) is 8.36. The number of hydrogen-bond donors (Lipinski definition) is 2. The molecule has 5 rings (SSSR count). The molecule has 0 spiro atoms. The Balaban J connectivity index is 1.41. The summed E-state index contributed by atoms with van der Waals surface area (Å²) >= 11 is 1.75. The molecule has 0 saturated heterocycles. The maximum Gasteiger partial charge on any atom is 0.255 e. The van der Waals surface area contributed by atoms with E-state index >= 15 is 0 Å². The van der Waals surface area contributed by atoms with E-state index in [1.165, 1.54) is 4.88 Å². The number of carbonyl (C=O) groups is 2. The molecule has 2 aromatic heterocycles. The molecule has 1 aromatic carbocycles. The molecule has 37 heavy (non-hydrogen) atoms. The van der Waals surface area contributed by atoms with E-state index in [1.807, 2.05) is 57.0 Å². The molecule has 8 heteroatoms. The molecule has 194 valence electrons. The molecule has 1 aliphatic heterocycles. The fourth-order valence-corrected chi connectivity index (χ4v) is 6.06. The normalized spacial score (nSPS) is 19.5. The lowest BCUT2D eigenvalue weighted by Gasteiger charge is -2.27. The van der Waals surface area contributed by atoms with E-state index in [0.717, 1.165) is 29.9 Å². The number of pyridine rings is 1. The van der Waals surface area contributed by atoms with Crippen LogP contribution in [0.2, 0.25) is 0 Å². The van der Waals surface area contributed by atoms with Crippen LogP contribution in [-0.2, 0) is 21.4 Å². The zero-order chi connectivity index (χ0) is 26.2. The molecule has 0 radical (unpaired) electrons. The fourth-order valence-electron chi connectivity index (χ4n) is 5.07. The highest BCUT2D eigenvalue weighted by Crippen LogP contribution is 2.49. The summed E-state index contributed by atoms with van der Waals surface area (Å²) in [7, 11) is 1.90. The van der Waals surface area contributed by atoms with Crippen LogP contribution in [0.3, 0.4) is 0 Å². The van der Waals surface area contributed by atoms with Gasteiger partial charge in [-0.2, -0.15) is 0 Å². The van der Waals surface area contributed by atoms with Crippen molar-refractivity contribution in [1.29, 1.82) is 0 Å². The van der Waals surface area contributed by atoms with Crippen LogP contribution in [0, 0.1) is 0 Å². The lowest BCUT2D eigenvalue weighted by atomic mass is 10.0. The third-order valence-electron chi connectivity index (χ3n) is 7.26. The number of fused-ring (bicyclic) bond motifs is 1. The molecule has 1 saturated carbocycles. The second-order valence-corrected chi connectivity index (χ2v) is 11.2. The number of benzene rings is 1. The van der Waals surface area contributed by atoms with Crippen molar-refractivity contribution in [2.45, 2.75) is 63.7 Å². The van der Waals surface area contributed by atoms with Crippen LogP contribution in [0.25, 0.3) is 0 Å². The molecular formula is C29H34N4O3S. The van der Waals surface area contributed by atoms with Gasteiger partial charge in [-0.25, -0.2) is 4.98 Å². The summed E-state index contributed by atoms with van der Waals surface area (Å²) in [6, 6.07) is 14.7. The van der Waals surface area contributed by atoms with E-state index in [2.05, 4.69) is 28.1 Å². The topological polar surface area (TPSA) is 83.6 Å². The number of hydrogen-bond acceptors (Lipinski definition) is 6. The van der Waals surface area contributed by atoms with Crippen molar-refractivity contribution >= 4 is 34.7 Å². The number of aryl methyl sites for hydroxylation is 1. The van der Waals surface area contributed by atoms with Gasteiger partial charge < -0.3 is 20.3 Å². The predicted molar refractivity (Wildman–Crippen MR) is 147 cm³/mol. The quantitative estimate of drug-likeness (QED) is 0.412. The van der Waals surface area contributed by atoms with Crippen LogP contribution in [0.1, 0.15) is 66.2 Å². The minimum atomic E-state index is -0.547. The van der Waals surface area contributed by atoms with Crippen LogP contribution in [0.15, 0.2) is 53.9 Å². The summed E-state index contributed by atoms with van der Waals surface area (Å²) < 4.78 is 6.33. The van der Waals surface area contributed by atoms with Gasteiger partial charge in [0.2, 0.25) is 5.91 Å². The molecule has 0 bridgehead atoms. The van der Waals surface area contributed by atoms with E-state index < -0.39 is 12.1 Å². The minimum absolute atomic E-state index is 0.0603. The van der Waals surface area contributed by atoms with E-state index in [0.29, 0.717) is 24.2 Å². The van der Waals surface area contributed by atoms with Crippen molar-refractivity contribution in [3.63, 3.8) is 0 Å². The zero-order valence-corrected chi connectivity index (χ0v) is 22.6. The first-order valence-corrected chi connectivity index (χ1v) is 13.8. The number of nitrogens with one attached hydrogen (secondary N) is 2. The van der Waals surface area contributed by atoms with Gasteiger partial charge in [0.25, 0.3) is 5.91 Å². The Morgan fingerprint density at radius 2 is 1.95 bits per heavy atom. The summed E-state index contributed by atoms with van der Waals surface area (Å²) in [6.07, 6.45) is 2.23. The summed E-state index contributed by atoms with van der Waals surface area (Å²) in [4.78, 5) is 34.7. The minimum Gasteiger partial charge on any atom is -0.368 e. The van der Waals surface area contributed by atoms with Crippen molar-refractivity contribution in [1.82, 2.24) is 10.3 Å². The lowest BCUT2D eigenvalue weighted by Crippen LogP contribution is -2.48. The van der Waals surface area contributed by atoms with Crippen molar-refractivity contribution in [2.75, 3.05) is 23.8 Å². The Hall–Kier alpha value is -3.23. The lowest BCUT2D eigenvalue weighted by molar-refractivity contribution is -0.126. The molecule has 1 aliphatic carbocycles. The van der Waals surface area contributed by atoms with Crippen LogP contribution in [-0.4, -0.2) is 42.5 Å². The average molecular weight is 519 g/mol. The molecule has 7 nitrogen and oxygen atoms in total. The van der Waals surface area contributed by atoms with Gasteiger partial charge in [-0.1, -0.05) is 31.2 Å². The van der Waals surface area contributed by atoms with Crippen molar-refractivity contribution in [3.8, 4) is 0 Å². The number of likely N-dealkylation sites (N-methyl/N-ethyl adjacent to an activating group) is 1. The van der Waals surface area contributed by atoms with Gasteiger partial charge in [0.15, 0.2) is 0 Å². The Labute approximate surface area is 222 Å². The van der Waals surface area contributed by atoms with Gasteiger partial charge in [0.1, 0.15) is 18.0 Å². The number of aromatic nitrogens is 1. The van der Waals surface area contributed by atoms with Crippen molar-refractivity contribution in [3.05, 3.63) is 75.6 Å². The SMILES string of the molecule is CCc1nc2c(cc1NC(=O)c1ccccc1)C(OC(C)C)C(C(=O)NCC1(c3cccs3)CC1)N2C.